The maximum absolute atomic E-state index is 13.4. The number of hydrogen-bond acceptors (Lipinski definition) is 5. The number of anilines is 2. The lowest BCUT2D eigenvalue weighted by molar-refractivity contribution is -0.115. The number of nitrogens with two attached hydrogens (primary N) is 1. The number of amides is 1. The second-order valence-corrected chi connectivity index (χ2v) is 6.84. The van der Waals surface area contributed by atoms with E-state index in [2.05, 4.69) is 5.32 Å². The van der Waals surface area contributed by atoms with Crippen LogP contribution in [0.15, 0.2) is 18.2 Å². The van der Waals surface area contributed by atoms with Crippen molar-refractivity contribution in [2.45, 2.75) is 12.8 Å². The highest BCUT2D eigenvalue weighted by Crippen LogP contribution is 2.17. The summed E-state index contributed by atoms with van der Waals surface area (Å²) in [6, 6.07) is 3.78. The van der Waals surface area contributed by atoms with Crippen molar-refractivity contribution >= 4 is 27.1 Å². The molecule has 0 aliphatic carbocycles. The highest BCUT2D eigenvalue weighted by atomic mass is 32.2. The highest BCUT2D eigenvalue weighted by Gasteiger charge is 2.14. The van der Waals surface area contributed by atoms with Gasteiger partial charge in [-0.1, -0.05) is 0 Å². The van der Waals surface area contributed by atoms with Crippen LogP contribution in [0.5, 0.6) is 0 Å². The van der Waals surface area contributed by atoms with Crippen LogP contribution >= 0.6 is 0 Å². The Hall–Kier alpha value is -1.67. The summed E-state index contributed by atoms with van der Waals surface area (Å²) in [6.07, 6.45) is 0.147. The summed E-state index contributed by atoms with van der Waals surface area (Å²) >= 11 is 0. The monoisotopic (exact) mass is 318 g/mol. The third-order valence-corrected chi connectivity index (χ3v) is 4.45. The summed E-state index contributed by atoms with van der Waals surface area (Å²) < 4.78 is 41.5. The van der Waals surface area contributed by atoms with Gasteiger partial charge in [0.25, 0.3) is 0 Å². The van der Waals surface area contributed by atoms with Crippen molar-refractivity contribution in [3.05, 3.63) is 24.0 Å². The Morgan fingerprint density at radius 3 is 2.76 bits per heavy atom. The van der Waals surface area contributed by atoms with E-state index in [1.165, 1.54) is 19.2 Å². The number of carbonyl (C=O) groups is 1. The molecule has 0 aliphatic rings. The summed E-state index contributed by atoms with van der Waals surface area (Å²) in [6.45, 7) is 0.347. The molecule has 1 amide bonds. The summed E-state index contributed by atoms with van der Waals surface area (Å²) in [5.74, 6) is -1.52. The van der Waals surface area contributed by atoms with Crippen LogP contribution in [0.25, 0.3) is 0 Å². The molecular formula is C13H19FN2O4S. The molecule has 0 aliphatic heterocycles. The van der Waals surface area contributed by atoms with Crippen molar-refractivity contribution in [1.29, 1.82) is 0 Å². The Morgan fingerprint density at radius 2 is 2.10 bits per heavy atom. The molecule has 21 heavy (non-hydrogen) atoms. The largest absolute Gasteiger partial charge is 0.399 e. The van der Waals surface area contributed by atoms with Gasteiger partial charge in [0.2, 0.25) is 5.91 Å². The van der Waals surface area contributed by atoms with Crippen LogP contribution < -0.4 is 11.1 Å². The Morgan fingerprint density at radius 1 is 1.38 bits per heavy atom. The first-order valence-corrected chi connectivity index (χ1v) is 8.20. The number of ether oxygens (including phenoxy) is 1. The number of sulfone groups is 1. The molecule has 0 aromatic heterocycles. The zero-order valence-corrected chi connectivity index (χ0v) is 12.6. The molecule has 0 fully saturated rings. The fourth-order valence-corrected chi connectivity index (χ4v) is 2.88. The number of nitrogen functional groups attached to an aromatic ring is 1. The Labute approximate surface area is 123 Å². The van der Waals surface area contributed by atoms with Crippen LogP contribution in [0.3, 0.4) is 0 Å². The van der Waals surface area contributed by atoms with E-state index in [1.807, 2.05) is 0 Å². The van der Waals surface area contributed by atoms with E-state index in [4.69, 9.17) is 10.5 Å². The Balaban J connectivity index is 2.49. The number of nitrogens with one attached hydrogen (secondary N) is 1. The van der Waals surface area contributed by atoms with Gasteiger partial charge >= 0.3 is 0 Å². The summed E-state index contributed by atoms with van der Waals surface area (Å²) in [5.41, 5.74) is 5.73. The van der Waals surface area contributed by atoms with Crippen LogP contribution in [0, 0.1) is 5.82 Å². The second kappa shape index (κ2) is 7.94. The van der Waals surface area contributed by atoms with E-state index < -0.39 is 21.6 Å². The molecule has 0 spiro atoms. The minimum absolute atomic E-state index is 0.0409. The van der Waals surface area contributed by atoms with Crippen LogP contribution in [-0.4, -0.2) is 39.5 Å². The predicted molar refractivity (Wildman–Crippen MR) is 79.2 cm³/mol. The van der Waals surface area contributed by atoms with Gasteiger partial charge in [0.15, 0.2) is 9.84 Å². The van der Waals surface area contributed by atoms with Gasteiger partial charge in [-0.25, -0.2) is 12.8 Å². The number of methoxy groups -OCH3 is 1. The Bertz CT molecular complexity index is 590. The van der Waals surface area contributed by atoms with Crippen LogP contribution in [0.1, 0.15) is 12.8 Å². The smallest absolute Gasteiger partial charge is 0.225 e. The molecule has 1 aromatic carbocycles. The topological polar surface area (TPSA) is 98.5 Å². The molecule has 0 saturated heterocycles. The zero-order chi connectivity index (χ0) is 15.9. The lowest BCUT2D eigenvalue weighted by Crippen LogP contribution is -2.20. The van der Waals surface area contributed by atoms with Gasteiger partial charge in [0.1, 0.15) is 5.82 Å². The summed E-state index contributed by atoms with van der Waals surface area (Å²) in [4.78, 5) is 11.6. The van der Waals surface area contributed by atoms with Gasteiger partial charge in [-0.3, -0.25) is 4.79 Å². The number of benzene rings is 1. The molecule has 0 atom stereocenters. The van der Waals surface area contributed by atoms with Gasteiger partial charge in [0.05, 0.1) is 17.2 Å². The second-order valence-electron chi connectivity index (χ2n) is 4.54. The van der Waals surface area contributed by atoms with Crippen molar-refractivity contribution < 1.29 is 22.3 Å². The Kier molecular flexibility index (Phi) is 6.57. The van der Waals surface area contributed by atoms with E-state index in [0.29, 0.717) is 18.7 Å². The predicted octanol–water partition coefficient (Wildman–Crippen LogP) is 1.19. The average molecular weight is 318 g/mol. The number of hydrogen-bond donors (Lipinski definition) is 2. The lowest BCUT2D eigenvalue weighted by Gasteiger charge is -2.08. The van der Waals surface area contributed by atoms with Gasteiger partial charge < -0.3 is 15.8 Å². The molecule has 118 valence electrons. The first-order chi connectivity index (χ1) is 9.84. The van der Waals surface area contributed by atoms with E-state index in [9.17, 15) is 17.6 Å². The molecule has 0 saturated carbocycles. The fraction of sp³-hybridized carbons (Fsp3) is 0.462. The molecule has 0 bridgehead atoms. The van der Waals surface area contributed by atoms with Crippen molar-refractivity contribution in [1.82, 2.24) is 0 Å². The molecular weight excluding hydrogens is 299 g/mol. The van der Waals surface area contributed by atoms with Crippen LogP contribution in [0.2, 0.25) is 0 Å². The first-order valence-electron chi connectivity index (χ1n) is 6.38. The average Bonchev–Trinajstić information content (AvgIpc) is 2.41. The molecule has 1 aromatic rings. The lowest BCUT2D eigenvalue weighted by atomic mass is 10.2. The fourth-order valence-electron chi connectivity index (χ4n) is 1.62. The summed E-state index contributed by atoms with van der Waals surface area (Å²) in [7, 11) is -1.83. The van der Waals surface area contributed by atoms with Crippen LogP contribution in [-0.2, 0) is 19.4 Å². The maximum atomic E-state index is 13.4. The van der Waals surface area contributed by atoms with Gasteiger partial charge in [-0.2, -0.15) is 0 Å². The number of rotatable bonds is 8. The van der Waals surface area contributed by atoms with E-state index in [1.54, 1.807) is 0 Å². The highest BCUT2D eigenvalue weighted by molar-refractivity contribution is 7.91. The molecule has 3 N–H and O–H groups in total. The van der Waals surface area contributed by atoms with Gasteiger partial charge in [-0.15, -0.1) is 0 Å². The quantitative estimate of drug-likeness (QED) is 0.554. The van der Waals surface area contributed by atoms with E-state index in [0.717, 1.165) is 6.07 Å². The molecule has 0 unspecified atom stereocenters. The van der Waals surface area contributed by atoms with E-state index >= 15 is 0 Å². The number of carbonyl (C=O) groups excluding carboxylic acids is 1. The van der Waals surface area contributed by atoms with Gasteiger partial charge in [0, 0.05) is 25.8 Å². The normalized spacial score (nSPS) is 11.3. The molecule has 1 rings (SSSR count). The summed E-state index contributed by atoms with van der Waals surface area (Å²) in [5, 5.41) is 2.31. The first kappa shape index (κ1) is 17.4. The standard InChI is InChI=1S/C13H19FN2O4S/c1-20-6-2-7-21(18,19)8-5-13(17)16-12-9-10(15)3-4-11(12)14/h3-4,9H,2,5-8,15H2,1H3,(H,16,17). The van der Waals surface area contributed by atoms with Crippen molar-refractivity contribution in [2.24, 2.45) is 0 Å². The zero-order valence-electron chi connectivity index (χ0n) is 11.8. The third-order valence-electron chi connectivity index (χ3n) is 2.71. The van der Waals surface area contributed by atoms with Crippen LogP contribution in [0.4, 0.5) is 15.8 Å². The number of halogens is 1. The van der Waals surface area contributed by atoms with Crippen molar-refractivity contribution in [3.63, 3.8) is 0 Å². The molecule has 0 heterocycles. The molecule has 6 nitrogen and oxygen atoms in total. The molecule has 8 heteroatoms. The SMILES string of the molecule is COCCCS(=O)(=O)CCC(=O)Nc1cc(N)ccc1F. The third kappa shape index (κ3) is 6.54. The minimum atomic E-state index is -3.32. The minimum Gasteiger partial charge on any atom is -0.399 e. The van der Waals surface area contributed by atoms with Gasteiger partial charge in [-0.05, 0) is 24.6 Å². The van der Waals surface area contributed by atoms with Crippen molar-refractivity contribution in [2.75, 3.05) is 36.3 Å². The van der Waals surface area contributed by atoms with Crippen molar-refractivity contribution in [3.8, 4) is 0 Å². The maximum Gasteiger partial charge on any atom is 0.225 e. The molecule has 0 radical (unpaired) electrons. The van der Waals surface area contributed by atoms with E-state index in [-0.39, 0.29) is 23.6 Å².